The van der Waals surface area contributed by atoms with E-state index >= 15 is 0 Å². The van der Waals surface area contributed by atoms with Crippen LogP contribution >= 0.6 is 23.5 Å². The van der Waals surface area contributed by atoms with Crippen molar-refractivity contribution in [1.29, 1.82) is 0 Å². The SMILES string of the molecule is CCS[C@@H]1O[C@@H]2COC(c3ccccc3)O[C@H]2[C@H](OCc2ccccc2)[C@@H]1SC. The van der Waals surface area contributed by atoms with E-state index < -0.39 is 0 Å². The van der Waals surface area contributed by atoms with Gasteiger partial charge in [0.2, 0.25) is 0 Å². The van der Waals surface area contributed by atoms with Gasteiger partial charge < -0.3 is 18.9 Å². The maximum absolute atomic E-state index is 6.51. The highest BCUT2D eigenvalue weighted by atomic mass is 32.2. The van der Waals surface area contributed by atoms with Crippen LogP contribution in [-0.4, -0.2) is 47.6 Å². The summed E-state index contributed by atoms with van der Waals surface area (Å²) in [5.74, 6) is 0.999. The third-order valence-corrected chi connectivity index (χ3v) is 7.54. The molecule has 2 aromatic carbocycles. The van der Waals surface area contributed by atoms with E-state index in [1.807, 2.05) is 60.3 Å². The molecule has 0 N–H and O–H groups in total. The second kappa shape index (κ2) is 10.3. The molecule has 0 amide bonds. The zero-order valence-corrected chi connectivity index (χ0v) is 18.4. The first-order chi connectivity index (χ1) is 14.3. The normalized spacial score (nSPS) is 31.9. The molecule has 2 fully saturated rings. The fourth-order valence-corrected chi connectivity index (χ4v) is 6.08. The lowest BCUT2D eigenvalue weighted by atomic mass is 10.00. The van der Waals surface area contributed by atoms with Crippen molar-refractivity contribution in [1.82, 2.24) is 0 Å². The first-order valence-corrected chi connectivity index (χ1v) is 12.4. The summed E-state index contributed by atoms with van der Waals surface area (Å²) in [6.45, 7) is 3.24. The van der Waals surface area contributed by atoms with E-state index in [0.717, 1.165) is 11.3 Å². The Morgan fingerprint density at radius 3 is 2.41 bits per heavy atom. The van der Waals surface area contributed by atoms with Crippen molar-refractivity contribution >= 4 is 23.5 Å². The summed E-state index contributed by atoms with van der Waals surface area (Å²) in [5.41, 5.74) is 2.26. The quantitative estimate of drug-likeness (QED) is 0.620. The molecular formula is C23H28O4S2. The molecule has 2 aliphatic heterocycles. The molecule has 2 heterocycles. The number of ether oxygens (including phenoxy) is 4. The van der Waals surface area contributed by atoms with Crippen molar-refractivity contribution in [3.8, 4) is 0 Å². The summed E-state index contributed by atoms with van der Waals surface area (Å²) in [7, 11) is 0. The van der Waals surface area contributed by atoms with Crippen molar-refractivity contribution in [3.63, 3.8) is 0 Å². The maximum atomic E-state index is 6.51. The molecule has 6 atom stereocenters. The van der Waals surface area contributed by atoms with Crippen LogP contribution in [0.4, 0.5) is 0 Å². The van der Waals surface area contributed by atoms with Gasteiger partial charge in [-0.15, -0.1) is 11.8 Å². The summed E-state index contributed by atoms with van der Waals surface area (Å²) in [6.07, 6.45) is 1.39. The molecule has 0 aliphatic carbocycles. The van der Waals surface area contributed by atoms with E-state index in [2.05, 4.69) is 25.3 Å². The Kier molecular flexibility index (Phi) is 7.56. The molecule has 0 saturated carbocycles. The first kappa shape index (κ1) is 21.2. The van der Waals surface area contributed by atoms with Crippen molar-refractivity contribution < 1.29 is 18.9 Å². The molecule has 2 aromatic rings. The van der Waals surface area contributed by atoms with Crippen LogP contribution in [0.15, 0.2) is 60.7 Å². The fraction of sp³-hybridized carbons (Fsp3) is 0.478. The second-order valence-electron chi connectivity index (χ2n) is 7.14. The third-order valence-electron chi connectivity index (χ3n) is 5.24. The van der Waals surface area contributed by atoms with Crippen LogP contribution < -0.4 is 0 Å². The lowest BCUT2D eigenvalue weighted by Crippen LogP contribution is -2.60. The van der Waals surface area contributed by atoms with Gasteiger partial charge in [0, 0.05) is 5.56 Å². The van der Waals surface area contributed by atoms with Crippen LogP contribution in [0.25, 0.3) is 0 Å². The van der Waals surface area contributed by atoms with Gasteiger partial charge >= 0.3 is 0 Å². The van der Waals surface area contributed by atoms with Gasteiger partial charge in [0.15, 0.2) is 6.29 Å². The first-order valence-electron chi connectivity index (χ1n) is 10.1. The van der Waals surface area contributed by atoms with Crippen molar-refractivity contribution in [3.05, 3.63) is 71.8 Å². The summed E-state index contributed by atoms with van der Waals surface area (Å²) >= 11 is 3.63. The van der Waals surface area contributed by atoms with Crippen LogP contribution in [0.3, 0.4) is 0 Å². The lowest BCUT2D eigenvalue weighted by molar-refractivity contribution is -0.306. The number of rotatable bonds is 7. The molecule has 4 rings (SSSR count). The predicted molar refractivity (Wildman–Crippen MR) is 119 cm³/mol. The van der Waals surface area contributed by atoms with Crippen LogP contribution in [-0.2, 0) is 25.6 Å². The molecule has 156 valence electrons. The molecule has 0 spiro atoms. The number of hydrogen-bond acceptors (Lipinski definition) is 6. The summed E-state index contributed by atoms with van der Waals surface area (Å²) in [5, 5.41) is 0.194. The predicted octanol–water partition coefficient (Wildman–Crippen LogP) is 4.90. The van der Waals surface area contributed by atoms with Crippen molar-refractivity contribution in [2.75, 3.05) is 18.6 Å². The minimum Gasteiger partial charge on any atom is -0.369 e. The van der Waals surface area contributed by atoms with Gasteiger partial charge in [-0.2, -0.15) is 11.8 Å². The van der Waals surface area contributed by atoms with Gasteiger partial charge in [0.25, 0.3) is 0 Å². The van der Waals surface area contributed by atoms with E-state index in [0.29, 0.717) is 13.2 Å². The highest BCUT2D eigenvalue weighted by Crippen LogP contribution is 2.41. The van der Waals surface area contributed by atoms with Gasteiger partial charge in [-0.25, -0.2) is 0 Å². The van der Waals surface area contributed by atoms with E-state index in [4.69, 9.17) is 18.9 Å². The Balaban J connectivity index is 1.55. The van der Waals surface area contributed by atoms with Crippen molar-refractivity contribution in [2.24, 2.45) is 0 Å². The Hall–Kier alpha value is -1.02. The molecule has 0 radical (unpaired) electrons. The Morgan fingerprint density at radius 1 is 1.00 bits per heavy atom. The number of benzene rings is 2. The minimum atomic E-state index is -0.387. The highest BCUT2D eigenvalue weighted by Gasteiger charge is 2.50. The zero-order chi connectivity index (χ0) is 20.1. The standard InChI is InChI=1S/C23H28O4S2/c1-3-29-23-21(28-2)20(24-14-16-10-6-4-7-11-16)19-18(26-23)15-25-22(27-19)17-12-8-5-9-13-17/h4-13,18-23H,3,14-15H2,1-2H3/t18-,19-,20+,21+,22?,23+/m1/s1. The van der Waals surface area contributed by atoms with E-state index in [1.54, 1.807) is 11.8 Å². The molecule has 4 nitrogen and oxygen atoms in total. The number of fused-ring (bicyclic) bond motifs is 1. The van der Waals surface area contributed by atoms with Gasteiger partial charge in [0.1, 0.15) is 23.7 Å². The Morgan fingerprint density at radius 2 is 1.72 bits per heavy atom. The zero-order valence-electron chi connectivity index (χ0n) is 16.8. The summed E-state index contributed by atoms with van der Waals surface area (Å²) in [4.78, 5) is 0. The van der Waals surface area contributed by atoms with Crippen molar-refractivity contribution in [2.45, 2.75) is 48.8 Å². The molecule has 2 aliphatic rings. The Labute approximate surface area is 181 Å². The molecule has 1 unspecified atom stereocenters. The van der Waals surface area contributed by atoms with E-state index in [-0.39, 0.29) is 35.3 Å². The van der Waals surface area contributed by atoms with E-state index in [1.165, 1.54) is 5.56 Å². The van der Waals surface area contributed by atoms with Crippen LogP contribution in [0, 0.1) is 0 Å². The summed E-state index contributed by atoms with van der Waals surface area (Å²) < 4.78 is 25.4. The molecule has 2 saturated heterocycles. The number of hydrogen-bond donors (Lipinski definition) is 0. The monoisotopic (exact) mass is 432 g/mol. The topological polar surface area (TPSA) is 36.9 Å². The maximum Gasteiger partial charge on any atom is 0.184 e. The van der Waals surface area contributed by atoms with E-state index in [9.17, 15) is 0 Å². The highest BCUT2D eigenvalue weighted by molar-refractivity contribution is 8.03. The Bertz CT molecular complexity index is 745. The molecule has 6 heteroatoms. The molecule has 29 heavy (non-hydrogen) atoms. The minimum absolute atomic E-state index is 0.0666. The van der Waals surface area contributed by atoms with Gasteiger partial charge in [0.05, 0.1) is 18.5 Å². The summed E-state index contributed by atoms with van der Waals surface area (Å²) in [6, 6.07) is 20.4. The molecule has 0 aromatic heterocycles. The smallest absolute Gasteiger partial charge is 0.184 e. The van der Waals surface area contributed by atoms with Gasteiger partial charge in [-0.05, 0) is 17.6 Å². The molecular weight excluding hydrogens is 404 g/mol. The average molecular weight is 433 g/mol. The van der Waals surface area contributed by atoms with Crippen LogP contribution in [0.5, 0.6) is 0 Å². The third kappa shape index (κ3) is 5.01. The van der Waals surface area contributed by atoms with Crippen LogP contribution in [0.2, 0.25) is 0 Å². The second-order valence-corrected chi connectivity index (χ2v) is 9.53. The average Bonchev–Trinajstić information content (AvgIpc) is 2.78. The number of thioether (sulfide) groups is 2. The van der Waals surface area contributed by atoms with Crippen LogP contribution in [0.1, 0.15) is 24.3 Å². The van der Waals surface area contributed by atoms with Gasteiger partial charge in [-0.3, -0.25) is 0 Å². The molecule has 0 bridgehead atoms. The fourth-order valence-electron chi connectivity index (χ4n) is 3.83. The lowest BCUT2D eigenvalue weighted by Gasteiger charge is -2.49. The van der Waals surface area contributed by atoms with Gasteiger partial charge in [-0.1, -0.05) is 67.6 Å². The largest absolute Gasteiger partial charge is 0.369 e.